The molecule has 3 aromatic carbocycles. The van der Waals surface area contributed by atoms with Crippen LogP contribution in [-0.4, -0.2) is 44.3 Å². The van der Waals surface area contributed by atoms with Gasteiger partial charge in [0.1, 0.15) is 11.6 Å². The molecule has 0 aliphatic heterocycles. The van der Waals surface area contributed by atoms with E-state index in [1.54, 1.807) is 36.4 Å². The molecule has 0 heterocycles. The van der Waals surface area contributed by atoms with E-state index in [1.807, 2.05) is 29.5 Å². The molecule has 0 unspecified atom stereocenters. The fraction of sp³-hybridized carbons (Fsp3) is 0.185. The van der Waals surface area contributed by atoms with Crippen LogP contribution in [0.2, 0.25) is 0 Å². The molecule has 0 bridgehead atoms. The molecule has 0 aromatic heterocycles. The Labute approximate surface area is 238 Å². The van der Waals surface area contributed by atoms with Crippen molar-refractivity contribution in [1.82, 2.24) is 5.43 Å². The number of nitrogens with zero attached hydrogens (tertiary/aromatic N) is 1. The molecule has 204 valence electrons. The SMILES string of the molecule is CCCOc1ccc(NC(=O)C(=O)N/N=C\c2cc(I)c(OCC(=O)Nc3ccc(F)cc3)c(OC)c2)cc1. The number of carbonyl (C=O) groups is 3. The van der Waals surface area contributed by atoms with Crippen molar-refractivity contribution in [1.29, 1.82) is 0 Å². The van der Waals surface area contributed by atoms with Crippen molar-refractivity contribution in [2.24, 2.45) is 5.10 Å². The quantitative estimate of drug-likeness (QED) is 0.123. The van der Waals surface area contributed by atoms with Gasteiger partial charge in [-0.15, -0.1) is 0 Å². The minimum Gasteiger partial charge on any atom is -0.494 e. The Balaban J connectivity index is 1.53. The van der Waals surface area contributed by atoms with Crippen LogP contribution in [0.15, 0.2) is 65.8 Å². The first-order chi connectivity index (χ1) is 18.8. The Morgan fingerprint density at radius 2 is 1.62 bits per heavy atom. The van der Waals surface area contributed by atoms with Gasteiger partial charge >= 0.3 is 11.8 Å². The summed E-state index contributed by atoms with van der Waals surface area (Å²) in [5.41, 5.74) is 3.58. The lowest BCUT2D eigenvalue weighted by molar-refractivity contribution is -0.136. The third-order valence-electron chi connectivity index (χ3n) is 4.90. The molecule has 3 amide bonds. The van der Waals surface area contributed by atoms with Gasteiger partial charge in [0, 0.05) is 11.4 Å². The Kier molecular flexibility index (Phi) is 11.0. The van der Waals surface area contributed by atoms with Gasteiger partial charge in [-0.3, -0.25) is 14.4 Å². The number of benzene rings is 3. The number of anilines is 2. The highest BCUT2D eigenvalue weighted by molar-refractivity contribution is 14.1. The maximum absolute atomic E-state index is 13.0. The van der Waals surface area contributed by atoms with E-state index in [4.69, 9.17) is 14.2 Å². The highest BCUT2D eigenvalue weighted by Crippen LogP contribution is 2.33. The molecule has 12 heteroatoms. The molecule has 0 radical (unpaired) electrons. The zero-order chi connectivity index (χ0) is 28.2. The van der Waals surface area contributed by atoms with Gasteiger partial charge in [-0.25, -0.2) is 9.82 Å². The van der Waals surface area contributed by atoms with Crippen molar-refractivity contribution in [2.75, 3.05) is 31.0 Å². The zero-order valence-electron chi connectivity index (χ0n) is 21.1. The fourth-order valence-corrected chi connectivity index (χ4v) is 3.86. The molecule has 3 aromatic rings. The van der Waals surface area contributed by atoms with Gasteiger partial charge < -0.3 is 24.8 Å². The third-order valence-corrected chi connectivity index (χ3v) is 5.70. The number of carbonyl (C=O) groups excluding carboxylic acids is 3. The molecule has 0 saturated carbocycles. The van der Waals surface area contributed by atoms with Crippen molar-refractivity contribution in [3.63, 3.8) is 0 Å². The monoisotopic (exact) mass is 648 g/mol. The number of nitrogens with one attached hydrogen (secondary N) is 3. The van der Waals surface area contributed by atoms with Crippen LogP contribution in [0.3, 0.4) is 0 Å². The van der Waals surface area contributed by atoms with E-state index < -0.39 is 23.5 Å². The average Bonchev–Trinajstić information content (AvgIpc) is 2.93. The van der Waals surface area contributed by atoms with Crippen molar-refractivity contribution in [2.45, 2.75) is 13.3 Å². The predicted octanol–water partition coefficient (Wildman–Crippen LogP) is 4.33. The number of amides is 3. The smallest absolute Gasteiger partial charge is 0.329 e. The van der Waals surface area contributed by atoms with Gasteiger partial charge in [-0.2, -0.15) is 5.10 Å². The first kappa shape index (κ1) is 29.4. The van der Waals surface area contributed by atoms with Gasteiger partial charge in [-0.05, 0) is 95.2 Å². The zero-order valence-corrected chi connectivity index (χ0v) is 23.3. The van der Waals surface area contributed by atoms with Gasteiger partial charge in [0.25, 0.3) is 5.91 Å². The predicted molar refractivity (Wildman–Crippen MR) is 153 cm³/mol. The molecule has 0 atom stereocenters. The summed E-state index contributed by atoms with van der Waals surface area (Å²) >= 11 is 2.01. The minimum absolute atomic E-state index is 0.309. The maximum Gasteiger partial charge on any atom is 0.329 e. The second-order valence-corrected chi connectivity index (χ2v) is 9.07. The van der Waals surface area contributed by atoms with Crippen LogP contribution in [0.25, 0.3) is 0 Å². The van der Waals surface area contributed by atoms with E-state index in [1.165, 1.54) is 37.6 Å². The van der Waals surface area contributed by atoms with Crippen LogP contribution >= 0.6 is 22.6 Å². The Morgan fingerprint density at radius 3 is 2.28 bits per heavy atom. The molecule has 10 nitrogen and oxygen atoms in total. The van der Waals surface area contributed by atoms with Crippen LogP contribution in [0.4, 0.5) is 15.8 Å². The number of hydrazone groups is 1. The fourth-order valence-electron chi connectivity index (χ4n) is 3.08. The molecule has 0 aliphatic carbocycles. The first-order valence-corrected chi connectivity index (χ1v) is 12.8. The number of ether oxygens (including phenoxy) is 3. The van der Waals surface area contributed by atoms with E-state index in [2.05, 4.69) is 21.2 Å². The molecule has 0 spiro atoms. The largest absolute Gasteiger partial charge is 0.494 e. The summed E-state index contributed by atoms with van der Waals surface area (Å²) in [6, 6.07) is 15.3. The maximum atomic E-state index is 13.0. The summed E-state index contributed by atoms with van der Waals surface area (Å²) in [7, 11) is 1.44. The minimum atomic E-state index is -0.952. The number of hydrogen-bond acceptors (Lipinski definition) is 7. The summed E-state index contributed by atoms with van der Waals surface area (Å²) in [5.74, 6) is -1.36. The summed E-state index contributed by atoms with van der Waals surface area (Å²) in [5, 5.41) is 8.92. The first-order valence-electron chi connectivity index (χ1n) is 11.7. The number of halogens is 2. The average molecular weight is 648 g/mol. The highest BCUT2D eigenvalue weighted by Gasteiger charge is 2.15. The Bertz CT molecular complexity index is 1330. The summed E-state index contributed by atoms with van der Waals surface area (Å²) in [4.78, 5) is 36.5. The van der Waals surface area contributed by atoms with Crippen molar-refractivity contribution in [3.05, 3.63) is 75.6 Å². The molecule has 0 saturated heterocycles. The molecule has 39 heavy (non-hydrogen) atoms. The lowest BCUT2D eigenvalue weighted by Crippen LogP contribution is -2.32. The van der Waals surface area contributed by atoms with Crippen LogP contribution in [0, 0.1) is 9.39 Å². The van der Waals surface area contributed by atoms with E-state index >= 15 is 0 Å². The van der Waals surface area contributed by atoms with Gasteiger partial charge in [-0.1, -0.05) is 6.92 Å². The third kappa shape index (κ3) is 9.25. The molecular formula is C27H26FIN4O6. The van der Waals surface area contributed by atoms with E-state index in [0.29, 0.717) is 44.4 Å². The normalized spacial score (nSPS) is 10.6. The molecule has 3 N–H and O–H groups in total. The highest BCUT2D eigenvalue weighted by atomic mass is 127. The van der Waals surface area contributed by atoms with Gasteiger partial charge in [0.15, 0.2) is 18.1 Å². The van der Waals surface area contributed by atoms with Gasteiger partial charge in [0.05, 0.1) is 23.5 Å². The number of methoxy groups -OCH3 is 1. The Morgan fingerprint density at radius 1 is 0.949 bits per heavy atom. The van der Waals surface area contributed by atoms with Crippen molar-refractivity contribution >= 4 is 57.9 Å². The van der Waals surface area contributed by atoms with Crippen LogP contribution in [-0.2, 0) is 14.4 Å². The van der Waals surface area contributed by atoms with Crippen LogP contribution in [0.5, 0.6) is 17.2 Å². The second kappa shape index (κ2) is 14.7. The lowest BCUT2D eigenvalue weighted by atomic mass is 10.2. The van der Waals surface area contributed by atoms with Crippen LogP contribution < -0.4 is 30.3 Å². The van der Waals surface area contributed by atoms with E-state index in [9.17, 15) is 18.8 Å². The van der Waals surface area contributed by atoms with Crippen LogP contribution in [0.1, 0.15) is 18.9 Å². The topological polar surface area (TPSA) is 127 Å². The lowest BCUT2D eigenvalue weighted by Gasteiger charge is -2.13. The molecule has 3 rings (SSSR count). The van der Waals surface area contributed by atoms with Gasteiger partial charge in [0.2, 0.25) is 0 Å². The van der Waals surface area contributed by atoms with E-state index in [0.717, 1.165) is 6.42 Å². The molecular weight excluding hydrogens is 622 g/mol. The standard InChI is InChI=1S/C27H26FIN4O6/c1-3-12-38-21-10-8-20(9-11-21)32-26(35)27(36)33-30-15-17-13-22(29)25(23(14-17)37-2)39-16-24(34)31-19-6-4-18(28)5-7-19/h4-11,13-15H,3,12,16H2,1-2H3,(H,31,34)(H,32,35)(H,33,36)/b30-15-. The molecule has 0 fully saturated rings. The second-order valence-electron chi connectivity index (χ2n) is 7.90. The van der Waals surface area contributed by atoms with Crippen molar-refractivity contribution in [3.8, 4) is 17.2 Å². The number of rotatable bonds is 11. The Hall–Kier alpha value is -4.20. The van der Waals surface area contributed by atoms with Crippen molar-refractivity contribution < 1.29 is 33.0 Å². The summed E-state index contributed by atoms with van der Waals surface area (Å²) < 4.78 is 30.1. The summed E-state index contributed by atoms with van der Waals surface area (Å²) in [6.07, 6.45) is 2.21. The number of hydrogen-bond donors (Lipinski definition) is 3. The summed E-state index contributed by atoms with van der Waals surface area (Å²) in [6.45, 7) is 2.28. The van der Waals surface area contributed by atoms with E-state index in [-0.39, 0.29) is 6.61 Å². The molecule has 0 aliphatic rings.